The number of halogens is 6. The Kier molecular flexibility index (Phi) is 4.04. The van der Waals surface area contributed by atoms with Gasteiger partial charge in [-0.2, -0.15) is 13.2 Å². The van der Waals surface area contributed by atoms with Gasteiger partial charge < -0.3 is 4.74 Å². The third kappa shape index (κ3) is 3.36. The highest BCUT2D eigenvalue weighted by atomic mass is 19.4. The van der Waals surface area contributed by atoms with Crippen molar-refractivity contribution in [1.82, 2.24) is 24.6 Å². The molecule has 1 aliphatic carbocycles. The van der Waals surface area contributed by atoms with Crippen LogP contribution >= 0.6 is 0 Å². The van der Waals surface area contributed by atoms with Gasteiger partial charge in [-0.1, -0.05) is 0 Å². The molecule has 0 N–H and O–H groups in total. The van der Waals surface area contributed by atoms with Crippen molar-refractivity contribution in [2.45, 2.75) is 43.9 Å². The SMILES string of the molecule is CC(C)(Oc1ncc(-c2cn3c([C@@H]4CC4(F)F)nnc3cn2)cc1F)C(F)(F)F. The van der Waals surface area contributed by atoms with Gasteiger partial charge >= 0.3 is 6.18 Å². The molecule has 3 aromatic heterocycles. The monoisotopic (exact) mass is 417 g/mol. The first-order valence-corrected chi connectivity index (χ1v) is 8.39. The maximum Gasteiger partial charge on any atom is 0.427 e. The lowest BCUT2D eigenvalue weighted by atomic mass is 10.1. The Hall–Kier alpha value is -2.92. The van der Waals surface area contributed by atoms with Crippen LogP contribution in [0.15, 0.2) is 24.7 Å². The lowest BCUT2D eigenvalue weighted by Crippen LogP contribution is -2.45. The van der Waals surface area contributed by atoms with Crippen LogP contribution in [-0.4, -0.2) is 42.3 Å². The molecule has 3 heterocycles. The number of hydrogen-bond donors (Lipinski definition) is 0. The Morgan fingerprint density at radius 1 is 1.14 bits per heavy atom. The quantitative estimate of drug-likeness (QED) is 0.597. The lowest BCUT2D eigenvalue weighted by molar-refractivity contribution is -0.235. The number of hydrogen-bond acceptors (Lipinski definition) is 5. The molecule has 4 rings (SSSR count). The van der Waals surface area contributed by atoms with Crippen LogP contribution in [0.1, 0.15) is 32.0 Å². The molecule has 0 aromatic carbocycles. The van der Waals surface area contributed by atoms with E-state index in [2.05, 4.69) is 24.9 Å². The summed E-state index contributed by atoms with van der Waals surface area (Å²) in [5.74, 6) is -5.82. The van der Waals surface area contributed by atoms with Crippen LogP contribution in [0.25, 0.3) is 16.9 Å². The highest BCUT2D eigenvalue weighted by molar-refractivity contribution is 5.59. The van der Waals surface area contributed by atoms with Crippen molar-refractivity contribution in [3.63, 3.8) is 0 Å². The van der Waals surface area contributed by atoms with Gasteiger partial charge in [-0.05, 0) is 19.9 Å². The highest BCUT2D eigenvalue weighted by Crippen LogP contribution is 2.55. The fourth-order valence-electron chi connectivity index (χ4n) is 2.64. The summed E-state index contributed by atoms with van der Waals surface area (Å²) >= 11 is 0. The van der Waals surface area contributed by atoms with Crippen LogP contribution in [0.2, 0.25) is 0 Å². The van der Waals surface area contributed by atoms with Gasteiger partial charge in [-0.25, -0.2) is 18.2 Å². The van der Waals surface area contributed by atoms with Gasteiger partial charge in [0.1, 0.15) is 5.82 Å². The first kappa shape index (κ1) is 19.4. The summed E-state index contributed by atoms with van der Waals surface area (Å²) in [6.07, 6.45) is -1.39. The lowest BCUT2D eigenvalue weighted by Gasteiger charge is -2.28. The first-order valence-electron chi connectivity index (χ1n) is 8.39. The van der Waals surface area contributed by atoms with Crippen LogP contribution in [0.4, 0.5) is 26.3 Å². The van der Waals surface area contributed by atoms with E-state index in [0.717, 1.165) is 26.1 Å². The van der Waals surface area contributed by atoms with E-state index in [1.165, 1.54) is 16.8 Å². The number of nitrogens with zero attached hydrogens (tertiary/aromatic N) is 5. The van der Waals surface area contributed by atoms with Gasteiger partial charge in [-0.3, -0.25) is 9.38 Å². The largest absolute Gasteiger partial charge is 0.460 e. The van der Waals surface area contributed by atoms with E-state index in [4.69, 9.17) is 0 Å². The molecular weight excluding hydrogens is 404 g/mol. The van der Waals surface area contributed by atoms with Crippen molar-refractivity contribution in [2.75, 3.05) is 0 Å². The molecular formula is C17H13F6N5O. The van der Waals surface area contributed by atoms with Crippen molar-refractivity contribution >= 4 is 5.65 Å². The smallest absolute Gasteiger partial charge is 0.427 e. The van der Waals surface area contributed by atoms with Crippen molar-refractivity contribution < 1.29 is 31.1 Å². The fraction of sp³-hybridized carbons (Fsp3) is 0.412. The van der Waals surface area contributed by atoms with Crippen molar-refractivity contribution in [1.29, 1.82) is 0 Å². The van der Waals surface area contributed by atoms with Crippen LogP contribution in [0, 0.1) is 5.82 Å². The van der Waals surface area contributed by atoms with Crippen LogP contribution < -0.4 is 4.74 Å². The van der Waals surface area contributed by atoms with Crippen molar-refractivity contribution in [3.8, 4) is 17.1 Å². The second kappa shape index (κ2) is 6.04. The molecule has 0 radical (unpaired) electrons. The van der Waals surface area contributed by atoms with E-state index >= 15 is 0 Å². The van der Waals surface area contributed by atoms with Gasteiger partial charge in [0.05, 0.1) is 17.8 Å². The van der Waals surface area contributed by atoms with Crippen LogP contribution in [0.5, 0.6) is 5.88 Å². The minimum Gasteiger partial charge on any atom is -0.460 e. The molecule has 0 bridgehead atoms. The van der Waals surface area contributed by atoms with Crippen LogP contribution in [0.3, 0.4) is 0 Å². The average molecular weight is 417 g/mol. The average Bonchev–Trinajstić information content (AvgIpc) is 3.06. The summed E-state index contributed by atoms with van der Waals surface area (Å²) in [7, 11) is 0. The zero-order valence-electron chi connectivity index (χ0n) is 15.0. The molecule has 3 aromatic rings. The fourth-order valence-corrected chi connectivity index (χ4v) is 2.64. The number of alkyl halides is 5. The van der Waals surface area contributed by atoms with Gasteiger partial charge in [-0.15, -0.1) is 10.2 Å². The standard InChI is InChI=1S/C17H13F6N5O/c1-15(2,17(21,22)23)29-14-10(18)3-8(5-25-14)11-7-28-12(6-24-11)26-27-13(28)9-4-16(9,19)20/h3,5-7,9H,4H2,1-2H3/t9-/m0/s1. The molecule has 6 nitrogen and oxygen atoms in total. The molecule has 0 unspecified atom stereocenters. The molecule has 0 saturated heterocycles. The predicted octanol–water partition coefficient (Wildman–Crippen LogP) is 4.17. The molecule has 1 fully saturated rings. The Bertz CT molecular complexity index is 1090. The minimum absolute atomic E-state index is 0.0500. The number of aromatic nitrogens is 5. The Morgan fingerprint density at radius 3 is 2.41 bits per heavy atom. The molecule has 0 aliphatic heterocycles. The zero-order valence-corrected chi connectivity index (χ0v) is 15.0. The second-order valence-electron chi connectivity index (χ2n) is 7.20. The normalized spacial score (nSPS) is 18.8. The van der Waals surface area contributed by atoms with E-state index in [-0.39, 0.29) is 29.1 Å². The Morgan fingerprint density at radius 2 is 1.83 bits per heavy atom. The van der Waals surface area contributed by atoms with E-state index < -0.39 is 35.3 Å². The summed E-state index contributed by atoms with van der Waals surface area (Å²) in [6.45, 7) is 1.50. The predicted molar refractivity (Wildman–Crippen MR) is 87.0 cm³/mol. The Balaban J connectivity index is 1.66. The number of fused-ring (bicyclic) bond motifs is 1. The van der Waals surface area contributed by atoms with Crippen molar-refractivity contribution in [3.05, 3.63) is 36.3 Å². The summed E-state index contributed by atoms with van der Waals surface area (Å²) in [5.41, 5.74) is -2.15. The van der Waals surface area contributed by atoms with Gasteiger partial charge in [0, 0.05) is 24.4 Å². The molecule has 0 spiro atoms. The molecule has 0 amide bonds. The van der Waals surface area contributed by atoms with Gasteiger partial charge in [0.15, 0.2) is 17.1 Å². The molecule has 12 heteroatoms. The van der Waals surface area contributed by atoms with Gasteiger partial charge in [0.2, 0.25) is 0 Å². The number of pyridine rings is 1. The van der Waals surface area contributed by atoms with Crippen molar-refractivity contribution in [2.24, 2.45) is 0 Å². The summed E-state index contributed by atoms with van der Waals surface area (Å²) < 4.78 is 85.8. The summed E-state index contributed by atoms with van der Waals surface area (Å²) in [4.78, 5) is 7.67. The molecule has 1 aliphatic rings. The third-order valence-electron chi connectivity index (χ3n) is 4.59. The zero-order chi connectivity index (χ0) is 21.2. The molecule has 29 heavy (non-hydrogen) atoms. The van der Waals surface area contributed by atoms with E-state index in [0.29, 0.717) is 0 Å². The maximum atomic E-state index is 14.3. The summed E-state index contributed by atoms with van der Waals surface area (Å²) in [5, 5.41) is 7.54. The van der Waals surface area contributed by atoms with Crippen LogP contribution in [-0.2, 0) is 0 Å². The molecule has 154 valence electrons. The summed E-state index contributed by atoms with van der Waals surface area (Å²) in [6, 6.07) is 0.902. The third-order valence-corrected chi connectivity index (χ3v) is 4.59. The highest BCUT2D eigenvalue weighted by Gasteiger charge is 2.60. The van der Waals surface area contributed by atoms with E-state index in [9.17, 15) is 26.3 Å². The maximum absolute atomic E-state index is 14.3. The Labute approximate surface area is 159 Å². The number of rotatable bonds is 4. The van der Waals surface area contributed by atoms with Gasteiger partial charge in [0.25, 0.3) is 11.8 Å². The minimum atomic E-state index is -4.73. The molecule has 1 atom stereocenters. The molecule has 1 saturated carbocycles. The number of ether oxygens (including phenoxy) is 1. The second-order valence-corrected chi connectivity index (χ2v) is 7.20. The first-order chi connectivity index (χ1) is 13.4. The topological polar surface area (TPSA) is 65.2 Å². The van der Waals surface area contributed by atoms with E-state index in [1.807, 2.05) is 0 Å². The van der Waals surface area contributed by atoms with E-state index in [1.54, 1.807) is 0 Å².